The Morgan fingerprint density at radius 1 is 1.12 bits per heavy atom. The molecule has 0 saturated heterocycles. The van der Waals surface area contributed by atoms with E-state index in [9.17, 15) is 31.9 Å². The molecule has 1 heterocycles. The molecule has 2 aromatic rings. The molecular formula is C16H13F4N3O3. The largest absolute Gasteiger partial charge is 0.417 e. The summed E-state index contributed by atoms with van der Waals surface area (Å²) in [6, 6.07) is 4.70. The zero-order valence-corrected chi connectivity index (χ0v) is 13.4. The molecule has 10 heteroatoms. The monoisotopic (exact) mass is 371 g/mol. The molecule has 26 heavy (non-hydrogen) atoms. The van der Waals surface area contributed by atoms with Crippen LogP contribution in [0.2, 0.25) is 0 Å². The molecule has 0 bridgehead atoms. The first-order valence-electron chi connectivity index (χ1n) is 7.21. The lowest BCUT2D eigenvalue weighted by Gasteiger charge is -2.12. The Morgan fingerprint density at radius 2 is 1.81 bits per heavy atom. The number of halogens is 4. The van der Waals surface area contributed by atoms with Crippen LogP contribution in [0.5, 0.6) is 0 Å². The van der Waals surface area contributed by atoms with E-state index in [1.807, 2.05) is 0 Å². The van der Waals surface area contributed by atoms with Crippen LogP contribution in [-0.2, 0) is 22.3 Å². The minimum Gasteiger partial charge on any atom is -0.326 e. The molecule has 0 aliphatic carbocycles. The van der Waals surface area contributed by atoms with Crippen LogP contribution in [-0.4, -0.2) is 16.4 Å². The lowest BCUT2D eigenvalue weighted by atomic mass is 10.2. The number of nitrogens with zero attached hydrogens (tertiary/aromatic N) is 1. The van der Waals surface area contributed by atoms with E-state index in [-0.39, 0.29) is 11.4 Å². The fraction of sp³-hybridized carbons (Fsp3) is 0.188. The number of rotatable bonds is 4. The molecule has 6 nitrogen and oxygen atoms in total. The van der Waals surface area contributed by atoms with Gasteiger partial charge in [0.2, 0.25) is 11.8 Å². The third-order valence-electron chi connectivity index (χ3n) is 3.19. The number of hydrogen-bond acceptors (Lipinski definition) is 3. The molecule has 0 aliphatic rings. The molecular weight excluding hydrogens is 358 g/mol. The summed E-state index contributed by atoms with van der Waals surface area (Å²) in [4.78, 5) is 34.6. The molecule has 2 N–H and O–H groups in total. The van der Waals surface area contributed by atoms with Crippen LogP contribution in [0.15, 0.2) is 41.3 Å². The number of nitrogens with one attached hydrogen (secondary N) is 2. The molecule has 2 rings (SSSR count). The van der Waals surface area contributed by atoms with Gasteiger partial charge in [-0.3, -0.25) is 14.4 Å². The van der Waals surface area contributed by atoms with E-state index in [1.165, 1.54) is 13.0 Å². The van der Waals surface area contributed by atoms with Gasteiger partial charge in [0.05, 0.1) is 11.3 Å². The number of carbonyl (C=O) groups excluding carboxylic acids is 2. The van der Waals surface area contributed by atoms with E-state index < -0.39 is 41.5 Å². The Morgan fingerprint density at radius 3 is 2.42 bits per heavy atom. The van der Waals surface area contributed by atoms with Gasteiger partial charge in [-0.25, -0.2) is 4.39 Å². The minimum absolute atomic E-state index is 0.213. The zero-order chi connectivity index (χ0) is 19.5. The Hall–Kier alpha value is -3.17. The normalized spacial score (nSPS) is 11.1. The van der Waals surface area contributed by atoms with Crippen LogP contribution in [0.25, 0.3) is 0 Å². The van der Waals surface area contributed by atoms with Crippen molar-refractivity contribution in [2.24, 2.45) is 0 Å². The molecule has 0 spiro atoms. The maximum Gasteiger partial charge on any atom is 0.417 e. The highest BCUT2D eigenvalue weighted by Gasteiger charge is 2.31. The summed E-state index contributed by atoms with van der Waals surface area (Å²) in [5, 5.41) is 4.54. The molecule has 0 unspecified atom stereocenters. The number of amides is 2. The van der Waals surface area contributed by atoms with Crippen molar-refractivity contribution in [3.8, 4) is 0 Å². The fourth-order valence-corrected chi connectivity index (χ4v) is 2.07. The minimum atomic E-state index is -4.68. The van der Waals surface area contributed by atoms with Gasteiger partial charge >= 0.3 is 6.18 Å². The lowest BCUT2D eigenvalue weighted by Crippen LogP contribution is -2.28. The number of anilines is 2. The summed E-state index contributed by atoms with van der Waals surface area (Å²) in [5.41, 5.74) is -1.99. The zero-order valence-electron chi connectivity index (χ0n) is 13.4. The number of benzene rings is 1. The maximum atomic E-state index is 13.8. The molecule has 0 saturated carbocycles. The van der Waals surface area contributed by atoms with Gasteiger partial charge in [-0.1, -0.05) is 0 Å². The number of aromatic nitrogens is 1. The number of alkyl halides is 3. The van der Waals surface area contributed by atoms with Crippen LogP contribution in [0.3, 0.4) is 0 Å². The SMILES string of the molecule is CC(=O)Nc1ccc(F)c(NC(=O)Cn2cc(C(F)(F)F)ccc2=O)c1. The Balaban J connectivity index is 2.19. The van der Waals surface area contributed by atoms with Crippen LogP contribution in [0, 0.1) is 5.82 Å². The van der Waals surface area contributed by atoms with Crippen molar-refractivity contribution in [2.45, 2.75) is 19.6 Å². The smallest absolute Gasteiger partial charge is 0.326 e. The average molecular weight is 371 g/mol. The number of carbonyl (C=O) groups is 2. The van der Waals surface area contributed by atoms with E-state index in [1.54, 1.807) is 0 Å². The van der Waals surface area contributed by atoms with E-state index in [2.05, 4.69) is 10.6 Å². The van der Waals surface area contributed by atoms with E-state index in [0.717, 1.165) is 12.1 Å². The third-order valence-corrected chi connectivity index (χ3v) is 3.19. The number of hydrogen-bond donors (Lipinski definition) is 2. The first-order valence-corrected chi connectivity index (χ1v) is 7.21. The molecule has 0 fully saturated rings. The molecule has 0 aliphatic heterocycles. The van der Waals surface area contributed by atoms with Crippen molar-refractivity contribution in [1.82, 2.24) is 4.57 Å². The summed E-state index contributed by atoms with van der Waals surface area (Å²) < 4.78 is 52.4. The Labute approximate surface area is 144 Å². The van der Waals surface area contributed by atoms with Crippen LogP contribution >= 0.6 is 0 Å². The van der Waals surface area contributed by atoms with Gasteiger partial charge in [-0.05, 0) is 24.3 Å². The summed E-state index contributed by atoms with van der Waals surface area (Å²) in [5.74, 6) is -2.14. The molecule has 0 atom stereocenters. The molecule has 0 radical (unpaired) electrons. The van der Waals surface area contributed by atoms with Crippen LogP contribution in [0.1, 0.15) is 12.5 Å². The van der Waals surface area contributed by atoms with Crippen molar-refractivity contribution in [3.05, 3.63) is 58.3 Å². The Kier molecular flexibility index (Phi) is 5.44. The van der Waals surface area contributed by atoms with E-state index in [4.69, 9.17) is 0 Å². The first-order chi connectivity index (χ1) is 12.1. The maximum absolute atomic E-state index is 13.8. The second-order valence-corrected chi connectivity index (χ2v) is 5.31. The average Bonchev–Trinajstić information content (AvgIpc) is 2.51. The summed E-state index contributed by atoms with van der Waals surface area (Å²) in [6.45, 7) is 0.494. The Bertz CT molecular complexity index is 906. The highest BCUT2D eigenvalue weighted by molar-refractivity contribution is 5.93. The van der Waals surface area contributed by atoms with Crippen molar-refractivity contribution in [2.75, 3.05) is 10.6 Å². The lowest BCUT2D eigenvalue weighted by molar-refractivity contribution is -0.138. The van der Waals surface area contributed by atoms with E-state index >= 15 is 0 Å². The third kappa shape index (κ3) is 4.91. The number of pyridine rings is 1. The van der Waals surface area contributed by atoms with E-state index in [0.29, 0.717) is 22.9 Å². The van der Waals surface area contributed by atoms with Gasteiger partial charge in [0, 0.05) is 24.9 Å². The van der Waals surface area contributed by atoms with Crippen molar-refractivity contribution in [1.29, 1.82) is 0 Å². The van der Waals surface area contributed by atoms with Gasteiger partial charge in [0.25, 0.3) is 5.56 Å². The summed E-state index contributed by atoms with van der Waals surface area (Å²) in [7, 11) is 0. The van der Waals surface area contributed by atoms with Crippen molar-refractivity contribution < 1.29 is 27.2 Å². The summed E-state index contributed by atoms with van der Waals surface area (Å²) in [6.07, 6.45) is -4.17. The molecule has 2 amide bonds. The predicted molar refractivity (Wildman–Crippen MR) is 85.0 cm³/mol. The highest BCUT2D eigenvalue weighted by atomic mass is 19.4. The highest BCUT2D eigenvalue weighted by Crippen LogP contribution is 2.28. The van der Waals surface area contributed by atoms with Crippen LogP contribution < -0.4 is 16.2 Å². The first kappa shape index (κ1) is 19.2. The molecule has 1 aromatic carbocycles. The topological polar surface area (TPSA) is 80.2 Å². The van der Waals surface area contributed by atoms with Crippen LogP contribution in [0.4, 0.5) is 28.9 Å². The van der Waals surface area contributed by atoms with Gasteiger partial charge in [0.15, 0.2) is 0 Å². The van der Waals surface area contributed by atoms with Crippen molar-refractivity contribution >= 4 is 23.2 Å². The van der Waals surface area contributed by atoms with Gasteiger partial charge in [-0.15, -0.1) is 0 Å². The van der Waals surface area contributed by atoms with Gasteiger partial charge in [0.1, 0.15) is 12.4 Å². The standard InChI is InChI=1S/C16H13F4N3O3/c1-9(24)21-11-3-4-12(17)13(6-11)22-14(25)8-23-7-10(16(18,19)20)2-5-15(23)26/h2-7H,8H2,1H3,(H,21,24)(H,22,25). The molecule has 138 valence electrons. The fourth-order valence-electron chi connectivity index (χ4n) is 2.07. The second-order valence-electron chi connectivity index (χ2n) is 5.31. The second kappa shape index (κ2) is 7.38. The van der Waals surface area contributed by atoms with Crippen molar-refractivity contribution in [3.63, 3.8) is 0 Å². The predicted octanol–water partition coefficient (Wildman–Crippen LogP) is 2.60. The van der Waals surface area contributed by atoms with Gasteiger partial charge < -0.3 is 15.2 Å². The van der Waals surface area contributed by atoms with Gasteiger partial charge in [-0.2, -0.15) is 13.2 Å². The quantitative estimate of drug-likeness (QED) is 0.811. The molecule has 1 aromatic heterocycles. The summed E-state index contributed by atoms with van der Waals surface area (Å²) >= 11 is 0.